The van der Waals surface area contributed by atoms with Crippen molar-refractivity contribution in [1.29, 1.82) is 0 Å². The number of urea groups is 1. The number of carbonyl (C=O) groups excluding carboxylic acids is 2. The van der Waals surface area contributed by atoms with Gasteiger partial charge in [0.1, 0.15) is 31.1 Å². The summed E-state index contributed by atoms with van der Waals surface area (Å²) in [4.78, 5) is 29.9. The van der Waals surface area contributed by atoms with E-state index in [1.165, 1.54) is 12.1 Å². The Hall–Kier alpha value is -3.19. The van der Waals surface area contributed by atoms with Crippen LogP contribution in [0.1, 0.15) is 42.0 Å². The second-order valence-electron chi connectivity index (χ2n) is 11.5. The van der Waals surface area contributed by atoms with Crippen LogP contribution in [0.25, 0.3) is 0 Å². The molecule has 4 aliphatic rings. The molecule has 3 fully saturated rings. The van der Waals surface area contributed by atoms with Gasteiger partial charge in [0.15, 0.2) is 0 Å². The van der Waals surface area contributed by atoms with Crippen molar-refractivity contribution >= 4 is 31.8 Å². The number of nitrogens with zero attached hydrogens (tertiary/aromatic N) is 2. The first-order chi connectivity index (χ1) is 19.2. The van der Waals surface area contributed by atoms with E-state index in [2.05, 4.69) is 5.32 Å². The van der Waals surface area contributed by atoms with E-state index in [4.69, 9.17) is 4.74 Å². The summed E-state index contributed by atoms with van der Waals surface area (Å²) in [5.41, 5.74) is 1.35. The summed E-state index contributed by atoms with van der Waals surface area (Å²) >= 11 is 0. The van der Waals surface area contributed by atoms with E-state index in [0.717, 1.165) is 29.2 Å². The molecule has 2 aromatic rings. The van der Waals surface area contributed by atoms with Crippen LogP contribution in [0.5, 0.6) is 0 Å². The van der Waals surface area contributed by atoms with Crippen LogP contribution in [0.2, 0.25) is 0 Å². The Morgan fingerprint density at radius 3 is 2.27 bits per heavy atom. The average molecular weight is 608 g/mol. The van der Waals surface area contributed by atoms with E-state index in [0.29, 0.717) is 32.2 Å². The quantitative estimate of drug-likeness (QED) is 0.464. The highest BCUT2D eigenvalue weighted by atomic mass is 32.2. The molecule has 6 rings (SSSR count). The molecule has 1 atom stereocenters. The van der Waals surface area contributed by atoms with Gasteiger partial charge in [-0.15, -0.1) is 0 Å². The van der Waals surface area contributed by atoms with E-state index in [-0.39, 0.29) is 36.4 Å². The number of sulfone groups is 2. The molecule has 3 aliphatic carbocycles. The minimum Gasteiger partial charge on any atom is -0.443 e. The van der Waals surface area contributed by atoms with Gasteiger partial charge in [-0.25, -0.2) is 30.8 Å². The molecule has 0 spiro atoms. The summed E-state index contributed by atoms with van der Waals surface area (Å²) in [7, 11) is -6.62. The molecule has 222 valence electrons. The molecule has 13 heteroatoms. The fourth-order valence-electron chi connectivity index (χ4n) is 6.33. The molecule has 0 saturated heterocycles. The lowest BCUT2D eigenvalue weighted by atomic mass is 9.45. The zero-order chi connectivity index (χ0) is 29.6. The highest BCUT2D eigenvalue weighted by Gasteiger charge is 2.74. The maximum Gasteiger partial charge on any atom is 0.407 e. The van der Waals surface area contributed by atoms with Crippen molar-refractivity contribution in [2.75, 3.05) is 43.7 Å². The minimum absolute atomic E-state index is 0.0113. The Morgan fingerprint density at radius 2 is 1.63 bits per heavy atom. The zero-order valence-electron chi connectivity index (χ0n) is 23.0. The number of ether oxygens (including phenoxy) is 1. The number of carbonyl (C=O) groups is 2. The molecule has 3 saturated carbocycles. The van der Waals surface area contributed by atoms with Crippen molar-refractivity contribution < 1.29 is 35.6 Å². The minimum atomic E-state index is -3.38. The van der Waals surface area contributed by atoms with Gasteiger partial charge in [-0.05, 0) is 35.2 Å². The van der Waals surface area contributed by atoms with Crippen LogP contribution in [0.15, 0.2) is 48.5 Å². The van der Waals surface area contributed by atoms with Crippen LogP contribution < -0.4 is 5.32 Å². The number of alkyl carbamates (subject to hydrolysis) is 1. The van der Waals surface area contributed by atoms with Crippen LogP contribution in [-0.2, 0) is 30.8 Å². The van der Waals surface area contributed by atoms with E-state index in [1.54, 1.807) is 21.9 Å². The number of halogens is 1. The smallest absolute Gasteiger partial charge is 0.407 e. The molecule has 0 aromatic heterocycles. The van der Waals surface area contributed by atoms with E-state index >= 15 is 0 Å². The van der Waals surface area contributed by atoms with Gasteiger partial charge in [-0.2, -0.15) is 0 Å². The fraction of sp³-hybridized carbons (Fsp3) is 0.500. The van der Waals surface area contributed by atoms with Crippen LogP contribution in [0.3, 0.4) is 0 Å². The third kappa shape index (κ3) is 6.20. The third-order valence-corrected chi connectivity index (χ3v) is 10.1. The maximum atomic E-state index is 14.3. The number of amides is 3. The molecule has 1 heterocycles. The van der Waals surface area contributed by atoms with Crippen LogP contribution in [0, 0.1) is 5.82 Å². The van der Waals surface area contributed by atoms with Gasteiger partial charge in [0.05, 0.1) is 23.1 Å². The molecule has 10 nitrogen and oxygen atoms in total. The maximum absolute atomic E-state index is 14.3. The Balaban J connectivity index is 1.36. The summed E-state index contributed by atoms with van der Waals surface area (Å²) in [5.74, 6) is -0.808. The van der Waals surface area contributed by atoms with Crippen molar-refractivity contribution in [3.8, 4) is 0 Å². The number of benzene rings is 2. The second kappa shape index (κ2) is 10.6. The standard InChI is InChI=1S/C28H34FN3O7S2/c1-40(35,36)15-12-30-25(33)39-28-17-27(18-28,19-28)32(14-16-41(2,37)38)26(34)31-13-11-20-5-3-4-6-23(20)24(31)21-7-9-22(29)10-8-21/h3-10,24H,11-19H2,1-2H3,(H,30,33)/t24-,27?,28?/m0/s1. The van der Waals surface area contributed by atoms with Crippen LogP contribution >= 0.6 is 0 Å². The second-order valence-corrected chi connectivity index (χ2v) is 16.1. The van der Waals surface area contributed by atoms with Gasteiger partial charge in [-0.1, -0.05) is 36.4 Å². The molecule has 0 unspecified atom stereocenters. The first-order valence-corrected chi connectivity index (χ1v) is 17.6. The molecule has 0 radical (unpaired) electrons. The Morgan fingerprint density at radius 1 is 1.00 bits per heavy atom. The normalized spacial score (nSPS) is 24.9. The number of hydrogen-bond donors (Lipinski definition) is 1. The first-order valence-electron chi connectivity index (χ1n) is 13.4. The monoisotopic (exact) mass is 607 g/mol. The van der Waals surface area contributed by atoms with Crippen LogP contribution in [0.4, 0.5) is 14.0 Å². The summed E-state index contributed by atoms with van der Waals surface area (Å²) in [6, 6.07) is 13.1. The van der Waals surface area contributed by atoms with Gasteiger partial charge >= 0.3 is 12.1 Å². The SMILES string of the molecule is CS(=O)(=O)CCNC(=O)OC12CC(N(CCS(C)(=O)=O)C(=O)N3CCc4ccccc4[C@@H]3c3ccc(F)cc3)(C1)C2. The number of rotatable bonds is 9. The van der Waals surface area contributed by atoms with Gasteiger partial charge in [-0.3, -0.25) is 0 Å². The zero-order valence-corrected chi connectivity index (χ0v) is 24.6. The molecule has 1 aliphatic heterocycles. The summed E-state index contributed by atoms with van der Waals surface area (Å²) in [6.07, 6.45) is 3.19. The Labute approximate surface area is 239 Å². The topological polar surface area (TPSA) is 130 Å². The first kappa shape index (κ1) is 29.3. The molecule has 1 N–H and O–H groups in total. The molecule has 2 bridgehead atoms. The van der Waals surface area contributed by atoms with Crippen molar-refractivity contribution in [2.45, 2.75) is 42.9 Å². The molecular formula is C28H34FN3O7S2. The van der Waals surface area contributed by atoms with Crippen molar-refractivity contribution in [3.63, 3.8) is 0 Å². The van der Waals surface area contributed by atoms with Crippen molar-refractivity contribution in [2.24, 2.45) is 0 Å². The summed E-state index contributed by atoms with van der Waals surface area (Å²) in [5, 5.41) is 2.45. The lowest BCUT2D eigenvalue weighted by Gasteiger charge is -2.72. The third-order valence-electron chi connectivity index (χ3n) is 8.21. The lowest BCUT2D eigenvalue weighted by molar-refractivity contribution is -0.253. The van der Waals surface area contributed by atoms with E-state index < -0.39 is 42.9 Å². The van der Waals surface area contributed by atoms with Gasteiger partial charge in [0.2, 0.25) is 0 Å². The van der Waals surface area contributed by atoms with Gasteiger partial charge in [0.25, 0.3) is 0 Å². The van der Waals surface area contributed by atoms with Crippen molar-refractivity contribution in [3.05, 3.63) is 71.0 Å². The largest absolute Gasteiger partial charge is 0.443 e. The van der Waals surface area contributed by atoms with Crippen LogP contribution in [-0.4, -0.2) is 93.6 Å². The average Bonchev–Trinajstić information content (AvgIpc) is 2.84. The summed E-state index contributed by atoms with van der Waals surface area (Å²) < 4.78 is 66.3. The lowest BCUT2D eigenvalue weighted by Crippen LogP contribution is -2.81. The van der Waals surface area contributed by atoms with E-state index in [1.807, 2.05) is 24.3 Å². The Bertz CT molecular complexity index is 1540. The van der Waals surface area contributed by atoms with E-state index in [9.17, 15) is 30.8 Å². The van der Waals surface area contributed by atoms with Crippen molar-refractivity contribution in [1.82, 2.24) is 15.1 Å². The predicted octanol–water partition coefficient (Wildman–Crippen LogP) is 2.69. The number of fused-ring (bicyclic) bond motifs is 1. The molecule has 2 aromatic carbocycles. The number of hydrogen-bond acceptors (Lipinski definition) is 7. The highest BCUT2D eigenvalue weighted by molar-refractivity contribution is 7.90. The van der Waals surface area contributed by atoms with Gasteiger partial charge < -0.3 is 19.9 Å². The Kier molecular flexibility index (Phi) is 7.56. The number of nitrogens with one attached hydrogen (secondary N) is 1. The predicted molar refractivity (Wildman–Crippen MR) is 150 cm³/mol. The summed E-state index contributed by atoms with van der Waals surface area (Å²) in [6.45, 7) is 0.315. The molecule has 3 amide bonds. The highest BCUT2D eigenvalue weighted by Crippen LogP contribution is 2.66. The van der Waals surface area contributed by atoms with Gasteiger partial charge in [0, 0.05) is 51.4 Å². The molecular weight excluding hydrogens is 573 g/mol. The molecule has 41 heavy (non-hydrogen) atoms. The fourth-order valence-corrected chi connectivity index (χ4v) is 7.32.